The highest BCUT2D eigenvalue weighted by atomic mass is 16.6. The summed E-state index contributed by atoms with van der Waals surface area (Å²) in [7, 11) is 0. The van der Waals surface area contributed by atoms with Gasteiger partial charge in [0.1, 0.15) is 6.61 Å². The Morgan fingerprint density at radius 3 is 2.70 bits per heavy atom. The first-order chi connectivity index (χ1) is 14.5. The highest BCUT2D eigenvalue weighted by molar-refractivity contribution is 5.96. The summed E-state index contributed by atoms with van der Waals surface area (Å²) in [5.74, 6) is -0.598. The van der Waals surface area contributed by atoms with Crippen molar-refractivity contribution < 1.29 is 24.2 Å². The number of benzene rings is 1. The zero-order valence-corrected chi connectivity index (χ0v) is 17.5. The van der Waals surface area contributed by atoms with Crippen molar-refractivity contribution in [2.24, 2.45) is 5.92 Å². The molecule has 0 spiro atoms. The fourth-order valence-electron chi connectivity index (χ4n) is 3.27. The van der Waals surface area contributed by atoms with E-state index in [9.17, 15) is 14.7 Å². The summed E-state index contributed by atoms with van der Waals surface area (Å²) in [6, 6.07) is 9.68. The summed E-state index contributed by atoms with van der Waals surface area (Å²) in [6.07, 6.45) is 9.15. The second-order valence-electron chi connectivity index (χ2n) is 7.32. The molecular formula is C24H31NO5. The van der Waals surface area contributed by atoms with E-state index in [1.165, 1.54) is 13.0 Å². The van der Waals surface area contributed by atoms with E-state index in [0.717, 1.165) is 18.4 Å². The Kier molecular flexibility index (Phi) is 10.0. The van der Waals surface area contributed by atoms with E-state index in [1.54, 1.807) is 12.2 Å². The molecule has 1 unspecified atom stereocenters. The molecule has 1 aromatic carbocycles. The second-order valence-corrected chi connectivity index (χ2v) is 7.32. The summed E-state index contributed by atoms with van der Waals surface area (Å²) < 4.78 is 10.9. The number of aliphatic hydroxyl groups is 1. The highest BCUT2D eigenvalue weighted by Crippen LogP contribution is 2.25. The number of hydrogen-bond acceptors (Lipinski definition) is 5. The van der Waals surface area contributed by atoms with Crippen molar-refractivity contribution in [2.45, 2.75) is 44.9 Å². The standard InChI is InChI=1S/C24H31NO5/c1-3-21(24(28)25-15-19-8-5-4-6-9-19)11-7-10-20(16-26)14-22-12-13-23(30-22)17-29-18(2)27/h3-11,20,22-23,26H,1,12-17H2,2H3,(H,25,28)/b10-7-,21-11+/t20?,22-,23+/m1/s1. The van der Waals surface area contributed by atoms with Crippen LogP contribution in [-0.4, -0.2) is 42.4 Å². The molecule has 1 fully saturated rings. The van der Waals surface area contributed by atoms with Crippen molar-refractivity contribution in [3.8, 4) is 0 Å². The van der Waals surface area contributed by atoms with Crippen LogP contribution in [0.25, 0.3) is 0 Å². The van der Waals surface area contributed by atoms with Gasteiger partial charge in [-0.2, -0.15) is 0 Å². The summed E-state index contributed by atoms with van der Waals surface area (Å²) in [6.45, 7) is 5.80. The maximum absolute atomic E-state index is 12.3. The average Bonchev–Trinajstić information content (AvgIpc) is 3.21. The van der Waals surface area contributed by atoms with Gasteiger partial charge in [0.15, 0.2) is 0 Å². The van der Waals surface area contributed by atoms with Crippen LogP contribution >= 0.6 is 0 Å². The molecular weight excluding hydrogens is 382 g/mol. The van der Waals surface area contributed by atoms with Crippen LogP contribution < -0.4 is 5.32 Å². The minimum absolute atomic E-state index is 0.0115. The normalized spacial score (nSPS) is 20.1. The maximum atomic E-state index is 12.3. The topological polar surface area (TPSA) is 84.9 Å². The molecule has 6 nitrogen and oxygen atoms in total. The van der Waals surface area contributed by atoms with Crippen LogP contribution in [0, 0.1) is 5.92 Å². The van der Waals surface area contributed by atoms with Crippen molar-refractivity contribution in [1.29, 1.82) is 0 Å². The molecule has 0 bridgehead atoms. The van der Waals surface area contributed by atoms with Crippen molar-refractivity contribution >= 4 is 11.9 Å². The number of rotatable bonds is 11. The third kappa shape index (κ3) is 8.35. The summed E-state index contributed by atoms with van der Waals surface area (Å²) in [4.78, 5) is 23.2. The lowest BCUT2D eigenvalue weighted by molar-refractivity contribution is -0.145. The lowest BCUT2D eigenvalue weighted by Crippen LogP contribution is -2.23. The number of aliphatic hydroxyl groups excluding tert-OH is 1. The third-order valence-corrected chi connectivity index (χ3v) is 4.91. The van der Waals surface area contributed by atoms with E-state index >= 15 is 0 Å². The van der Waals surface area contributed by atoms with Gasteiger partial charge in [-0.15, -0.1) is 0 Å². The quantitative estimate of drug-likeness (QED) is 0.331. The fourth-order valence-corrected chi connectivity index (χ4v) is 3.27. The first-order valence-electron chi connectivity index (χ1n) is 10.2. The van der Waals surface area contributed by atoms with Gasteiger partial charge in [0.05, 0.1) is 12.2 Å². The fraction of sp³-hybridized carbons (Fsp3) is 0.417. The predicted octanol–water partition coefficient (Wildman–Crippen LogP) is 3.08. The molecule has 162 valence electrons. The molecule has 6 heteroatoms. The molecule has 1 aliphatic rings. The molecule has 1 aliphatic heterocycles. The summed E-state index contributed by atoms with van der Waals surface area (Å²) in [5.41, 5.74) is 1.48. The molecule has 1 heterocycles. The van der Waals surface area contributed by atoms with Gasteiger partial charge in [-0.25, -0.2) is 0 Å². The molecule has 30 heavy (non-hydrogen) atoms. The highest BCUT2D eigenvalue weighted by Gasteiger charge is 2.27. The molecule has 1 aromatic rings. The van der Waals surface area contributed by atoms with Crippen LogP contribution in [0.3, 0.4) is 0 Å². The molecule has 0 aliphatic carbocycles. The Hall–Kier alpha value is -2.70. The Labute approximate surface area is 178 Å². The van der Waals surface area contributed by atoms with E-state index in [1.807, 2.05) is 36.4 Å². The number of allylic oxidation sites excluding steroid dienone is 2. The minimum atomic E-state index is -0.309. The zero-order chi connectivity index (χ0) is 21.8. The average molecular weight is 414 g/mol. The largest absolute Gasteiger partial charge is 0.463 e. The molecule has 0 radical (unpaired) electrons. The first-order valence-corrected chi connectivity index (χ1v) is 10.2. The van der Waals surface area contributed by atoms with E-state index in [2.05, 4.69) is 11.9 Å². The molecule has 2 N–H and O–H groups in total. The van der Waals surface area contributed by atoms with Gasteiger partial charge in [0.25, 0.3) is 5.91 Å². The number of ether oxygens (including phenoxy) is 2. The van der Waals surface area contributed by atoms with Crippen molar-refractivity contribution in [3.05, 3.63) is 72.4 Å². The SMILES string of the molecule is C=C/C(=C\C=C/C(CO)C[C@H]1CC[C@@H](COC(C)=O)O1)C(=O)NCc1ccccc1. The van der Waals surface area contributed by atoms with Gasteiger partial charge in [-0.3, -0.25) is 9.59 Å². The van der Waals surface area contributed by atoms with Gasteiger partial charge in [0, 0.05) is 31.6 Å². The lowest BCUT2D eigenvalue weighted by Gasteiger charge is -2.17. The van der Waals surface area contributed by atoms with Crippen molar-refractivity contribution in [3.63, 3.8) is 0 Å². The molecule has 0 saturated carbocycles. The number of hydrogen-bond donors (Lipinski definition) is 2. The predicted molar refractivity (Wildman–Crippen MR) is 115 cm³/mol. The van der Waals surface area contributed by atoms with E-state index in [0.29, 0.717) is 18.5 Å². The summed E-state index contributed by atoms with van der Waals surface area (Å²) >= 11 is 0. The van der Waals surface area contributed by atoms with Gasteiger partial charge in [-0.05, 0) is 30.9 Å². The van der Waals surface area contributed by atoms with Crippen LogP contribution in [-0.2, 0) is 25.6 Å². The third-order valence-electron chi connectivity index (χ3n) is 4.91. The molecule has 1 amide bonds. The second kappa shape index (κ2) is 12.8. The lowest BCUT2D eigenvalue weighted by atomic mass is 9.99. The molecule has 1 saturated heterocycles. The Bertz CT molecular complexity index is 756. The number of nitrogens with one attached hydrogen (secondary N) is 1. The molecule has 2 rings (SSSR count). The smallest absolute Gasteiger partial charge is 0.302 e. The van der Waals surface area contributed by atoms with Crippen molar-refractivity contribution in [2.75, 3.05) is 13.2 Å². The number of esters is 1. The Balaban J connectivity index is 1.82. The monoisotopic (exact) mass is 413 g/mol. The Morgan fingerprint density at radius 2 is 2.03 bits per heavy atom. The van der Waals surface area contributed by atoms with Gasteiger partial charge in [0.2, 0.25) is 0 Å². The van der Waals surface area contributed by atoms with E-state index in [-0.39, 0.29) is 43.2 Å². The van der Waals surface area contributed by atoms with Gasteiger partial charge >= 0.3 is 5.97 Å². The number of carbonyl (C=O) groups excluding carboxylic acids is 2. The van der Waals surface area contributed by atoms with Gasteiger partial charge in [-0.1, -0.05) is 55.1 Å². The Morgan fingerprint density at radius 1 is 1.30 bits per heavy atom. The van der Waals surface area contributed by atoms with E-state index < -0.39 is 0 Å². The van der Waals surface area contributed by atoms with Crippen LogP contribution in [0.5, 0.6) is 0 Å². The van der Waals surface area contributed by atoms with Crippen LogP contribution in [0.2, 0.25) is 0 Å². The maximum Gasteiger partial charge on any atom is 0.302 e. The zero-order valence-electron chi connectivity index (χ0n) is 17.5. The van der Waals surface area contributed by atoms with Crippen LogP contribution in [0.4, 0.5) is 0 Å². The summed E-state index contributed by atoms with van der Waals surface area (Å²) in [5, 5.41) is 12.5. The number of amides is 1. The molecule has 3 atom stereocenters. The van der Waals surface area contributed by atoms with Crippen LogP contribution in [0.1, 0.15) is 31.7 Å². The van der Waals surface area contributed by atoms with E-state index in [4.69, 9.17) is 9.47 Å². The van der Waals surface area contributed by atoms with Gasteiger partial charge < -0.3 is 19.9 Å². The molecule has 0 aromatic heterocycles. The van der Waals surface area contributed by atoms with Crippen LogP contribution in [0.15, 0.2) is 66.8 Å². The first kappa shape index (κ1) is 23.6. The van der Waals surface area contributed by atoms with Crippen molar-refractivity contribution in [1.82, 2.24) is 5.32 Å². The number of carbonyl (C=O) groups is 2. The minimum Gasteiger partial charge on any atom is -0.463 e.